The number of alkyl halides is 3. The van der Waals surface area contributed by atoms with Crippen molar-refractivity contribution in [3.8, 4) is 0 Å². The van der Waals surface area contributed by atoms with Gasteiger partial charge in [-0.2, -0.15) is 13.2 Å². The average molecular weight is 351 g/mol. The van der Waals surface area contributed by atoms with Crippen molar-refractivity contribution in [1.82, 2.24) is 0 Å². The lowest BCUT2D eigenvalue weighted by Crippen LogP contribution is -2.39. The van der Waals surface area contributed by atoms with E-state index in [0.717, 1.165) is 23.3 Å². The second-order valence-electron chi connectivity index (χ2n) is 5.79. The molecule has 1 aliphatic heterocycles. The monoisotopic (exact) mass is 351 g/mol. The van der Waals surface area contributed by atoms with Gasteiger partial charge in [0.2, 0.25) is 5.91 Å². The highest BCUT2D eigenvalue weighted by Crippen LogP contribution is 2.43. The van der Waals surface area contributed by atoms with Crippen LogP contribution in [0.4, 0.5) is 18.9 Å². The first-order valence-electron chi connectivity index (χ1n) is 7.51. The molecule has 1 heterocycles. The lowest BCUT2D eigenvalue weighted by molar-refractivity contribution is -0.137. The summed E-state index contributed by atoms with van der Waals surface area (Å²) in [6.45, 7) is 3.97. The maximum atomic E-state index is 13.0. The lowest BCUT2D eigenvalue weighted by Gasteiger charge is -2.33. The van der Waals surface area contributed by atoms with Gasteiger partial charge < -0.3 is 4.90 Å². The molecule has 24 heavy (non-hydrogen) atoms. The summed E-state index contributed by atoms with van der Waals surface area (Å²) in [6.07, 6.45) is -4.43. The van der Waals surface area contributed by atoms with Crippen LogP contribution < -0.4 is 4.90 Å². The number of hydrogen-bond acceptors (Lipinski definition) is 2. The van der Waals surface area contributed by atoms with E-state index in [1.807, 2.05) is 31.2 Å². The van der Waals surface area contributed by atoms with Gasteiger partial charge in [-0.05, 0) is 43.2 Å². The summed E-state index contributed by atoms with van der Waals surface area (Å²) < 4.78 is 39.1. The minimum absolute atomic E-state index is 0.171. The van der Waals surface area contributed by atoms with Gasteiger partial charge in [-0.25, -0.2) is 0 Å². The molecule has 0 aliphatic carbocycles. The van der Waals surface area contributed by atoms with Crippen molar-refractivity contribution < 1.29 is 18.0 Å². The Morgan fingerprint density at radius 1 is 1.17 bits per heavy atom. The van der Waals surface area contributed by atoms with Crippen molar-refractivity contribution in [3.05, 3.63) is 59.2 Å². The Labute approximate surface area is 142 Å². The Kier molecular flexibility index (Phi) is 4.34. The van der Waals surface area contributed by atoms with Crippen molar-refractivity contribution in [2.24, 2.45) is 0 Å². The summed E-state index contributed by atoms with van der Waals surface area (Å²) >= 11 is 1.30. The number of nitrogens with zero attached hydrogens (tertiary/aromatic N) is 1. The third kappa shape index (κ3) is 3.15. The summed E-state index contributed by atoms with van der Waals surface area (Å²) in [5.41, 5.74) is 1.53. The fourth-order valence-electron chi connectivity index (χ4n) is 2.70. The van der Waals surface area contributed by atoms with Gasteiger partial charge in [-0.1, -0.05) is 24.3 Å². The molecule has 2 aromatic carbocycles. The fourth-order valence-corrected chi connectivity index (χ4v) is 3.75. The molecule has 126 valence electrons. The van der Waals surface area contributed by atoms with Gasteiger partial charge >= 0.3 is 6.18 Å². The van der Waals surface area contributed by atoms with E-state index in [4.69, 9.17) is 0 Å². The van der Waals surface area contributed by atoms with Crippen LogP contribution in [0.15, 0.2) is 47.4 Å². The number of benzene rings is 2. The fraction of sp³-hybridized carbons (Fsp3) is 0.278. The summed E-state index contributed by atoms with van der Waals surface area (Å²) in [5.74, 6) is -0.171. The third-order valence-electron chi connectivity index (χ3n) is 4.08. The predicted octanol–water partition coefficient (Wildman–Crippen LogP) is 5.04. The molecule has 0 N–H and O–H groups in total. The number of amides is 1. The van der Waals surface area contributed by atoms with Crippen molar-refractivity contribution in [2.45, 2.75) is 36.7 Å². The molecule has 0 spiro atoms. The predicted molar refractivity (Wildman–Crippen MR) is 89.1 cm³/mol. The van der Waals surface area contributed by atoms with Crippen LogP contribution in [0.2, 0.25) is 0 Å². The summed E-state index contributed by atoms with van der Waals surface area (Å²) in [7, 11) is 0. The van der Waals surface area contributed by atoms with E-state index in [1.54, 1.807) is 6.92 Å². The van der Waals surface area contributed by atoms with Crippen LogP contribution in [0.1, 0.15) is 23.6 Å². The van der Waals surface area contributed by atoms with Crippen molar-refractivity contribution in [2.75, 3.05) is 4.90 Å². The molecular formula is C18H16F3NOS. The molecule has 6 heteroatoms. The van der Waals surface area contributed by atoms with E-state index >= 15 is 0 Å². The molecule has 0 aromatic heterocycles. The Bertz CT molecular complexity index is 788. The Morgan fingerprint density at radius 3 is 2.54 bits per heavy atom. The number of hydrogen-bond donors (Lipinski definition) is 0. The first-order valence-corrected chi connectivity index (χ1v) is 8.39. The number of thioether (sulfide) groups is 1. The second-order valence-corrected chi connectivity index (χ2v) is 7.17. The molecular weight excluding hydrogens is 335 g/mol. The first kappa shape index (κ1) is 16.9. The van der Waals surface area contributed by atoms with Gasteiger partial charge in [-0.15, -0.1) is 11.8 Å². The largest absolute Gasteiger partial charge is 0.416 e. The minimum atomic E-state index is -4.43. The minimum Gasteiger partial charge on any atom is -0.306 e. The van der Waals surface area contributed by atoms with E-state index in [-0.39, 0.29) is 17.7 Å². The summed E-state index contributed by atoms with van der Waals surface area (Å²) in [4.78, 5) is 14.8. The standard InChI is InChI=1S/C18H16F3NOS/c1-11-5-3-4-6-13(11)10-22-15-9-14(18(19,20)21)7-8-16(15)24-12(2)17(22)23/h3-9,12H,10H2,1-2H3. The van der Waals surface area contributed by atoms with Crippen molar-refractivity contribution in [1.29, 1.82) is 0 Å². The summed E-state index contributed by atoms with van der Waals surface area (Å²) in [5, 5.41) is -0.321. The van der Waals surface area contributed by atoms with Crippen LogP contribution in [0.25, 0.3) is 0 Å². The van der Waals surface area contributed by atoms with Crippen LogP contribution in [0, 0.1) is 6.92 Å². The smallest absolute Gasteiger partial charge is 0.306 e. The first-order chi connectivity index (χ1) is 11.3. The molecule has 2 nitrogen and oxygen atoms in total. The van der Waals surface area contributed by atoms with Crippen LogP contribution in [-0.4, -0.2) is 11.2 Å². The zero-order chi connectivity index (χ0) is 17.5. The average Bonchev–Trinajstić information content (AvgIpc) is 2.52. The molecule has 2 aromatic rings. The molecule has 0 bridgehead atoms. The van der Waals surface area contributed by atoms with Crippen LogP contribution >= 0.6 is 11.8 Å². The number of anilines is 1. The topological polar surface area (TPSA) is 20.3 Å². The Balaban J connectivity index is 2.06. The van der Waals surface area contributed by atoms with Crippen LogP contribution in [0.5, 0.6) is 0 Å². The van der Waals surface area contributed by atoms with Crippen LogP contribution in [-0.2, 0) is 17.5 Å². The molecule has 0 saturated carbocycles. The normalized spacial score (nSPS) is 17.8. The number of carbonyl (C=O) groups is 1. The molecule has 0 radical (unpaired) electrons. The third-order valence-corrected chi connectivity index (χ3v) is 5.24. The molecule has 0 saturated heterocycles. The SMILES string of the molecule is Cc1ccccc1CN1C(=O)C(C)Sc2ccc(C(F)(F)F)cc21. The molecule has 1 aliphatic rings. The zero-order valence-electron chi connectivity index (χ0n) is 13.2. The quantitative estimate of drug-likeness (QED) is 0.755. The molecule has 1 atom stereocenters. The number of halogens is 3. The lowest BCUT2D eigenvalue weighted by atomic mass is 10.1. The highest BCUT2D eigenvalue weighted by Gasteiger charge is 2.35. The van der Waals surface area contributed by atoms with E-state index in [0.29, 0.717) is 10.6 Å². The van der Waals surface area contributed by atoms with Gasteiger partial charge in [0.25, 0.3) is 0 Å². The van der Waals surface area contributed by atoms with Crippen LogP contribution in [0.3, 0.4) is 0 Å². The molecule has 1 unspecified atom stereocenters. The molecule has 3 rings (SSSR count). The summed E-state index contributed by atoms with van der Waals surface area (Å²) in [6, 6.07) is 11.2. The highest BCUT2D eigenvalue weighted by molar-refractivity contribution is 8.00. The zero-order valence-corrected chi connectivity index (χ0v) is 14.0. The van der Waals surface area contributed by atoms with E-state index in [1.165, 1.54) is 22.7 Å². The Morgan fingerprint density at radius 2 is 1.88 bits per heavy atom. The molecule has 1 amide bonds. The highest BCUT2D eigenvalue weighted by atomic mass is 32.2. The maximum Gasteiger partial charge on any atom is 0.416 e. The van der Waals surface area contributed by atoms with Gasteiger partial charge in [0, 0.05) is 4.90 Å². The van der Waals surface area contributed by atoms with Gasteiger partial charge in [-0.3, -0.25) is 4.79 Å². The van der Waals surface area contributed by atoms with Crippen molar-refractivity contribution >= 4 is 23.4 Å². The van der Waals surface area contributed by atoms with E-state index in [2.05, 4.69) is 0 Å². The number of fused-ring (bicyclic) bond motifs is 1. The molecule has 0 fully saturated rings. The van der Waals surface area contributed by atoms with Crippen molar-refractivity contribution in [3.63, 3.8) is 0 Å². The number of carbonyl (C=O) groups excluding carboxylic acids is 1. The van der Waals surface area contributed by atoms with E-state index < -0.39 is 11.7 Å². The van der Waals surface area contributed by atoms with Gasteiger partial charge in [0.1, 0.15) is 0 Å². The Hall–Kier alpha value is -1.95. The van der Waals surface area contributed by atoms with Gasteiger partial charge in [0.15, 0.2) is 0 Å². The second kappa shape index (κ2) is 6.16. The van der Waals surface area contributed by atoms with E-state index in [9.17, 15) is 18.0 Å². The van der Waals surface area contributed by atoms with Gasteiger partial charge in [0.05, 0.1) is 23.0 Å². The number of rotatable bonds is 2. The maximum absolute atomic E-state index is 13.0. The number of aryl methyl sites for hydroxylation is 1.